The normalized spacial score (nSPS) is 9.62. The van der Waals surface area contributed by atoms with E-state index in [1.165, 1.54) is 11.8 Å². The molecule has 4 nitrogen and oxygen atoms in total. The van der Waals surface area contributed by atoms with E-state index in [1.54, 1.807) is 6.92 Å². The molecule has 0 aliphatic rings. The number of carbonyl (C=O) groups excluding carboxylic acids is 1. The molecule has 114 valence electrons. The van der Waals surface area contributed by atoms with Gasteiger partial charge in [-0.1, -0.05) is 11.8 Å². The molecule has 0 spiro atoms. The first kappa shape index (κ1) is 17.4. The van der Waals surface area contributed by atoms with Gasteiger partial charge < -0.3 is 14.6 Å². The second-order valence-corrected chi connectivity index (χ2v) is 5.11. The molecule has 0 unspecified atom stereocenters. The maximum absolute atomic E-state index is 11.1. The van der Waals surface area contributed by atoms with E-state index in [9.17, 15) is 4.79 Å². The largest absolute Gasteiger partial charge is 0.493 e. The van der Waals surface area contributed by atoms with Gasteiger partial charge in [0.25, 0.3) is 0 Å². The van der Waals surface area contributed by atoms with Gasteiger partial charge in [-0.15, -0.1) is 11.8 Å². The fraction of sp³-hybridized carbons (Fsp3) is 0.438. The number of hydrogen-bond acceptors (Lipinski definition) is 5. The van der Waals surface area contributed by atoms with Crippen molar-refractivity contribution in [3.05, 3.63) is 29.8 Å². The van der Waals surface area contributed by atoms with Crippen LogP contribution in [-0.4, -0.2) is 42.4 Å². The Morgan fingerprint density at radius 1 is 1.33 bits per heavy atom. The van der Waals surface area contributed by atoms with Crippen LogP contribution in [0.3, 0.4) is 0 Å². The number of esters is 1. The zero-order valence-corrected chi connectivity index (χ0v) is 12.9. The first-order valence-corrected chi connectivity index (χ1v) is 7.97. The van der Waals surface area contributed by atoms with Crippen LogP contribution in [0, 0.1) is 11.8 Å². The van der Waals surface area contributed by atoms with Gasteiger partial charge in [0.1, 0.15) is 5.75 Å². The number of benzene rings is 1. The summed E-state index contributed by atoms with van der Waals surface area (Å²) in [5.74, 6) is 7.50. The van der Waals surface area contributed by atoms with Crippen LogP contribution >= 0.6 is 11.8 Å². The van der Waals surface area contributed by atoms with Crippen molar-refractivity contribution in [3.63, 3.8) is 0 Å². The van der Waals surface area contributed by atoms with Crippen molar-refractivity contribution in [2.24, 2.45) is 0 Å². The highest BCUT2D eigenvalue weighted by molar-refractivity contribution is 7.99. The minimum atomic E-state index is -0.187. The van der Waals surface area contributed by atoms with Gasteiger partial charge in [-0.25, -0.2) is 0 Å². The lowest BCUT2D eigenvalue weighted by molar-refractivity contribution is -0.139. The average Bonchev–Trinajstić information content (AvgIpc) is 2.49. The third-order valence-corrected chi connectivity index (χ3v) is 3.24. The van der Waals surface area contributed by atoms with Crippen LogP contribution in [0.25, 0.3) is 0 Å². The van der Waals surface area contributed by atoms with Crippen LogP contribution in [0.4, 0.5) is 0 Å². The number of rotatable bonds is 8. The van der Waals surface area contributed by atoms with E-state index in [0.29, 0.717) is 25.4 Å². The molecule has 0 aliphatic carbocycles. The lowest BCUT2D eigenvalue weighted by atomic mass is 10.2. The van der Waals surface area contributed by atoms with Crippen molar-refractivity contribution in [1.82, 2.24) is 0 Å². The topological polar surface area (TPSA) is 55.8 Å². The van der Waals surface area contributed by atoms with Gasteiger partial charge in [-0.05, 0) is 31.2 Å². The summed E-state index contributed by atoms with van der Waals surface area (Å²) < 4.78 is 10.4. The summed E-state index contributed by atoms with van der Waals surface area (Å²) in [6.45, 7) is 2.84. The van der Waals surface area contributed by atoms with E-state index in [0.717, 1.165) is 17.1 Å². The summed E-state index contributed by atoms with van der Waals surface area (Å²) in [4.78, 5) is 11.1. The molecule has 0 saturated heterocycles. The van der Waals surface area contributed by atoms with Crippen molar-refractivity contribution < 1.29 is 19.4 Å². The summed E-state index contributed by atoms with van der Waals surface area (Å²) in [7, 11) is 0. The predicted octanol–water partition coefficient (Wildman–Crippen LogP) is 2.10. The van der Waals surface area contributed by atoms with Crippen molar-refractivity contribution in [1.29, 1.82) is 0 Å². The van der Waals surface area contributed by atoms with E-state index in [-0.39, 0.29) is 12.6 Å². The molecule has 5 heteroatoms. The van der Waals surface area contributed by atoms with Gasteiger partial charge in [-0.3, -0.25) is 4.79 Å². The van der Waals surface area contributed by atoms with Crippen LogP contribution in [-0.2, 0) is 9.53 Å². The molecule has 0 saturated carbocycles. The lowest BCUT2D eigenvalue weighted by Gasteiger charge is -2.06. The monoisotopic (exact) mass is 308 g/mol. The molecule has 0 heterocycles. The number of thioether (sulfide) groups is 1. The SMILES string of the molecule is CCOC(=O)CSCCOc1ccc(C#CCCO)cc1. The molecular formula is C16H20O4S. The summed E-state index contributed by atoms with van der Waals surface area (Å²) in [5, 5.41) is 8.64. The standard InChI is InChI=1S/C16H20O4S/c1-2-19-16(18)13-21-12-11-20-15-8-6-14(7-9-15)5-3-4-10-17/h6-9,17H,2,4,10-13H2,1H3. The van der Waals surface area contributed by atoms with E-state index in [4.69, 9.17) is 14.6 Å². The zero-order chi connectivity index (χ0) is 15.3. The minimum Gasteiger partial charge on any atom is -0.493 e. The van der Waals surface area contributed by atoms with Gasteiger partial charge in [-0.2, -0.15) is 0 Å². The number of carbonyl (C=O) groups is 1. The van der Waals surface area contributed by atoms with Crippen molar-refractivity contribution in [2.75, 3.05) is 31.3 Å². The number of ether oxygens (including phenoxy) is 2. The molecule has 0 radical (unpaired) electrons. The molecule has 0 amide bonds. The number of aliphatic hydroxyl groups is 1. The smallest absolute Gasteiger partial charge is 0.315 e. The minimum absolute atomic E-state index is 0.0810. The Kier molecular flexibility index (Phi) is 9.18. The molecule has 0 bridgehead atoms. The summed E-state index contributed by atoms with van der Waals surface area (Å²) in [6, 6.07) is 7.48. The molecule has 0 fully saturated rings. The summed E-state index contributed by atoms with van der Waals surface area (Å²) in [5.41, 5.74) is 0.896. The maximum atomic E-state index is 11.1. The Labute approximate surface area is 129 Å². The third-order valence-electron chi connectivity index (χ3n) is 2.35. The van der Waals surface area contributed by atoms with Gasteiger partial charge in [0.2, 0.25) is 0 Å². The molecule has 1 rings (SSSR count). The fourth-order valence-corrected chi connectivity index (χ4v) is 2.03. The molecule has 0 aliphatic heterocycles. The quantitative estimate of drug-likeness (QED) is 0.453. The van der Waals surface area contributed by atoms with Crippen molar-refractivity contribution in [3.8, 4) is 17.6 Å². The molecule has 1 aromatic rings. The molecule has 21 heavy (non-hydrogen) atoms. The highest BCUT2D eigenvalue weighted by Crippen LogP contribution is 2.12. The highest BCUT2D eigenvalue weighted by Gasteiger charge is 2.01. The van der Waals surface area contributed by atoms with Crippen LogP contribution in [0.15, 0.2) is 24.3 Å². The van der Waals surface area contributed by atoms with Crippen LogP contribution in [0.1, 0.15) is 18.9 Å². The van der Waals surface area contributed by atoms with E-state index < -0.39 is 0 Å². The Balaban J connectivity index is 2.21. The Hall–Kier alpha value is -1.64. The van der Waals surface area contributed by atoms with Gasteiger partial charge >= 0.3 is 5.97 Å². The van der Waals surface area contributed by atoms with Gasteiger partial charge in [0.05, 0.1) is 25.6 Å². The van der Waals surface area contributed by atoms with Gasteiger partial charge in [0.15, 0.2) is 0 Å². The number of aliphatic hydroxyl groups excluding tert-OH is 1. The lowest BCUT2D eigenvalue weighted by Crippen LogP contribution is -2.09. The molecular weight excluding hydrogens is 288 g/mol. The second-order valence-electron chi connectivity index (χ2n) is 4.01. The van der Waals surface area contributed by atoms with E-state index in [2.05, 4.69) is 11.8 Å². The van der Waals surface area contributed by atoms with E-state index in [1.807, 2.05) is 24.3 Å². The number of hydrogen-bond donors (Lipinski definition) is 1. The molecule has 1 N–H and O–H groups in total. The van der Waals surface area contributed by atoms with Crippen LogP contribution in [0.2, 0.25) is 0 Å². The Morgan fingerprint density at radius 2 is 2.10 bits per heavy atom. The van der Waals surface area contributed by atoms with E-state index >= 15 is 0 Å². The molecule has 1 aromatic carbocycles. The second kappa shape index (κ2) is 11.1. The molecule has 0 aromatic heterocycles. The zero-order valence-electron chi connectivity index (χ0n) is 12.1. The fourth-order valence-electron chi connectivity index (χ4n) is 1.43. The Morgan fingerprint density at radius 3 is 2.76 bits per heavy atom. The molecule has 0 atom stereocenters. The maximum Gasteiger partial charge on any atom is 0.315 e. The highest BCUT2D eigenvalue weighted by atomic mass is 32.2. The van der Waals surface area contributed by atoms with Crippen molar-refractivity contribution >= 4 is 17.7 Å². The average molecular weight is 308 g/mol. The summed E-state index contributed by atoms with van der Waals surface area (Å²) >= 11 is 1.49. The van der Waals surface area contributed by atoms with Crippen molar-refractivity contribution in [2.45, 2.75) is 13.3 Å². The summed E-state index contributed by atoms with van der Waals surface area (Å²) in [6.07, 6.45) is 0.482. The third kappa shape index (κ3) is 8.28. The predicted molar refractivity (Wildman–Crippen MR) is 84.5 cm³/mol. The first-order chi connectivity index (χ1) is 10.3. The van der Waals surface area contributed by atoms with Crippen LogP contribution < -0.4 is 4.74 Å². The Bertz CT molecular complexity index is 473. The van der Waals surface area contributed by atoms with Crippen LogP contribution in [0.5, 0.6) is 5.75 Å². The van der Waals surface area contributed by atoms with Gasteiger partial charge in [0, 0.05) is 17.7 Å². The first-order valence-electron chi connectivity index (χ1n) is 6.82.